The summed E-state index contributed by atoms with van der Waals surface area (Å²) in [6.45, 7) is 3.49. The molecule has 19 heavy (non-hydrogen) atoms. The number of carboxylic acid groups (broad SMARTS) is 1. The van der Waals surface area contributed by atoms with Gasteiger partial charge in [-0.1, -0.05) is 0 Å². The van der Waals surface area contributed by atoms with Gasteiger partial charge in [-0.3, -0.25) is 0 Å². The van der Waals surface area contributed by atoms with Gasteiger partial charge in [-0.2, -0.15) is 0 Å². The van der Waals surface area contributed by atoms with Crippen molar-refractivity contribution in [2.75, 3.05) is 11.4 Å². The fraction of sp³-hybridized carbons (Fsp3) is 0.214. The van der Waals surface area contributed by atoms with Crippen LogP contribution in [-0.2, 0) is 6.54 Å². The van der Waals surface area contributed by atoms with Crippen molar-refractivity contribution in [3.8, 4) is 0 Å². The van der Waals surface area contributed by atoms with Crippen LogP contribution in [0.2, 0.25) is 0 Å². The van der Waals surface area contributed by atoms with Crippen LogP contribution >= 0.6 is 15.9 Å². The lowest BCUT2D eigenvalue weighted by Crippen LogP contribution is -2.22. The fourth-order valence-electron chi connectivity index (χ4n) is 1.85. The number of nitrogens with zero attached hydrogens (tertiary/aromatic N) is 1. The first kappa shape index (κ1) is 13.7. The van der Waals surface area contributed by atoms with E-state index >= 15 is 0 Å². The molecule has 0 aliphatic carbocycles. The molecule has 5 heteroatoms. The molecule has 1 N–H and O–H groups in total. The summed E-state index contributed by atoms with van der Waals surface area (Å²) < 4.78 is 6.10. The number of carboxylic acids is 1. The molecule has 1 heterocycles. The number of hydrogen-bond donors (Lipinski definition) is 1. The molecule has 2 aromatic rings. The minimum atomic E-state index is -0.929. The van der Waals surface area contributed by atoms with Crippen molar-refractivity contribution in [2.24, 2.45) is 0 Å². The van der Waals surface area contributed by atoms with E-state index in [0.717, 1.165) is 22.5 Å². The largest absolute Gasteiger partial charge is 0.478 e. The summed E-state index contributed by atoms with van der Waals surface area (Å²) in [5.41, 5.74) is 1.22. The van der Waals surface area contributed by atoms with E-state index in [1.165, 1.54) is 0 Å². The van der Waals surface area contributed by atoms with Gasteiger partial charge in [-0.15, -0.1) is 0 Å². The lowest BCUT2D eigenvalue weighted by Gasteiger charge is -2.23. The number of furan rings is 1. The first-order valence-electron chi connectivity index (χ1n) is 5.92. The van der Waals surface area contributed by atoms with Crippen LogP contribution < -0.4 is 4.90 Å². The average Bonchev–Trinajstić information content (AvgIpc) is 2.89. The second-order valence-corrected chi connectivity index (χ2v) is 4.92. The highest BCUT2D eigenvalue weighted by molar-refractivity contribution is 9.10. The zero-order valence-corrected chi connectivity index (χ0v) is 12.1. The van der Waals surface area contributed by atoms with Crippen molar-refractivity contribution in [1.29, 1.82) is 0 Å². The number of benzene rings is 1. The van der Waals surface area contributed by atoms with Crippen LogP contribution in [0.1, 0.15) is 23.0 Å². The molecule has 0 bridgehead atoms. The predicted molar refractivity (Wildman–Crippen MR) is 76.5 cm³/mol. The van der Waals surface area contributed by atoms with E-state index in [2.05, 4.69) is 20.8 Å². The van der Waals surface area contributed by atoms with Crippen LogP contribution in [0, 0.1) is 0 Å². The minimum Gasteiger partial charge on any atom is -0.478 e. The fourth-order valence-corrected chi connectivity index (χ4v) is 2.48. The smallest absolute Gasteiger partial charge is 0.335 e. The highest BCUT2D eigenvalue weighted by Gasteiger charge is 2.13. The Morgan fingerprint density at radius 2 is 2.21 bits per heavy atom. The zero-order chi connectivity index (χ0) is 13.8. The van der Waals surface area contributed by atoms with Crippen molar-refractivity contribution in [1.82, 2.24) is 0 Å². The summed E-state index contributed by atoms with van der Waals surface area (Å²) in [6.07, 6.45) is 1.64. The Morgan fingerprint density at radius 1 is 1.42 bits per heavy atom. The average molecular weight is 324 g/mol. The maximum absolute atomic E-state index is 10.9. The van der Waals surface area contributed by atoms with E-state index in [1.54, 1.807) is 24.5 Å². The summed E-state index contributed by atoms with van der Waals surface area (Å²) >= 11 is 3.43. The SMILES string of the molecule is CCN(Cc1ccco1)c1ccc(C(=O)O)cc1Br. The van der Waals surface area contributed by atoms with Crippen molar-refractivity contribution < 1.29 is 14.3 Å². The number of anilines is 1. The Morgan fingerprint density at radius 3 is 2.74 bits per heavy atom. The Kier molecular flexibility index (Phi) is 4.27. The summed E-state index contributed by atoms with van der Waals surface area (Å²) in [6, 6.07) is 8.80. The van der Waals surface area contributed by atoms with E-state index in [9.17, 15) is 4.79 Å². The molecule has 0 fully saturated rings. The molecule has 0 aliphatic heterocycles. The molecule has 100 valence electrons. The first-order valence-corrected chi connectivity index (χ1v) is 6.71. The number of halogens is 1. The lowest BCUT2D eigenvalue weighted by atomic mass is 10.2. The van der Waals surface area contributed by atoms with Crippen LogP contribution in [0.15, 0.2) is 45.5 Å². The van der Waals surface area contributed by atoms with Gasteiger partial charge in [0.25, 0.3) is 0 Å². The number of aromatic carboxylic acids is 1. The van der Waals surface area contributed by atoms with Gasteiger partial charge in [-0.25, -0.2) is 4.79 Å². The molecular weight excluding hydrogens is 310 g/mol. The standard InChI is InChI=1S/C14H14BrNO3/c1-2-16(9-11-4-3-7-19-11)13-6-5-10(14(17)18)8-12(13)15/h3-8H,2,9H2,1H3,(H,17,18). The molecular formula is C14H14BrNO3. The van der Waals surface area contributed by atoms with E-state index < -0.39 is 5.97 Å². The summed E-state index contributed by atoms with van der Waals surface area (Å²) in [7, 11) is 0. The van der Waals surface area contributed by atoms with E-state index in [-0.39, 0.29) is 5.56 Å². The number of carbonyl (C=O) groups is 1. The van der Waals surface area contributed by atoms with Gasteiger partial charge in [0.15, 0.2) is 0 Å². The quantitative estimate of drug-likeness (QED) is 0.910. The lowest BCUT2D eigenvalue weighted by molar-refractivity contribution is 0.0697. The molecule has 0 radical (unpaired) electrons. The summed E-state index contributed by atoms with van der Waals surface area (Å²) in [5.74, 6) is -0.0580. The molecule has 0 amide bonds. The van der Waals surface area contributed by atoms with E-state index in [1.807, 2.05) is 19.1 Å². The Hall–Kier alpha value is -1.75. The molecule has 0 atom stereocenters. The minimum absolute atomic E-state index is 0.268. The third-order valence-corrected chi connectivity index (χ3v) is 3.48. The van der Waals surface area contributed by atoms with Gasteiger partial charge in [0, 0.05) is 11.0 Å². The van der Waals surface area contributed by atoms with Crippen molar-refractivity contribution in [3.05, 3.63) is 52.4 Å². The number of hydrogen-bond acceptors (Lipinski definition) is 3. The zero-order valence-electron chi connectivity index (χ0n) is 10.5. The molecule has 2 rings (SSSR count). The third kappa shape index (κ3) is 3.17. The molecule has 0 unspecified atom stereocenters. The second kappa shape index (κ2) is 5.93. The van der Waals surface area contributed by atoms with Crippen molar-refractivity contribution in [2.45, 2.75) is 13.5 Å². The van der Waals surface area contributed by atoms with Crippen LogP contribution in [0.4, 0.5) is 5.69 Å². The molecule has 4 nitrogen and oxygen atoms in total. The topological polar surface area (TPSA) is 53.7 Å². The summed E-state index contributed by atoms with van der Waals surface area (Å²) in [5, 5.41) is 8.95. The van der Waals surface area contributed by atoms with E-state index in [0.29, 0.717) is 6.54 Å². The molecule has 0 saturated carbocycles. The Labute approximate surface area is 119 Å². The highest BCUT2D eigenvalue weighted by atomic mass is 79.9. The second-order valence-electron chi connectivity index (χ2n) is 4.06. The monoisotopic (exact) mass is 323 g/mol. The van der Waals surface area contributed by atoms with Gasteiger partial charge in [0.05, 0.1) is 24.1 Å². The molecule has 0 spiro atoms. The van der Waals surface area contributed by atoms with Crippen LogP contribution in [-0.4, -0.2) is 17.6 Å². The molecule has 1 aromatic carbocycles. The van der Waals surface area contributed by atoms with E-state index in [4.69, 9.17) is 9.52 Å². The van der Waals surface area contributed by atoms with Crippen molar-refractivity contribution in [3.63, 3.8) is 0 Å². The van der Waals surface area contributed by atoms with Crippen LogP contribution in [0.5, 0.6) is 0 Å². The first-order chi connectivity index (χ1) is 9.11. The number of rotatable bonds is 5. The van der Waals surface area contributed by atoms with Gasteiger partial charge < -0.3 is 14.4 Å². The molecule has 1 aromatic heterocycles. The van der Waals surface area contributed by atoms with Gasteiger partial charge in [0.1, 0.15) is 5.76 Å². The Bertz CT molecular complexity index is 566. The van der Waals surface area contributed by atoms with Crippen LogP contribution in [0.3, 0.4) is 0 Å². The molecule has 0 saturated heterocycles. The highest BCUT2D eigenvalue weighted by Crippen LogP contribution is 2.28. The predicted octanol–water partition coefficient (Wildman–Crippen LogP) is 3.77. The van der Waals surface area contributed by atoms with Gasteiger partial charge >= 0.3 is 5.97 Å². The van der Waals surface area contributed by atoms with Gasteiger partial charge in [-0.05, 0) is 53.2 Å². The Balaban J connectivity index is 2.25. The maximum Gasteiger partial charge on any atom is 0.335 e. The van der Waals surface area contributed by atoms with Gasteiger partial charge in [0.2, 0.25) is 0 Å². The van der Waals surface area contributed by atoms with Crippen LogP contribution in [0.25, 0.3) is 0 Å². The van der Waals surface area contributed by atoms with Crippen molar-refractivity contribution >= 4 is 27.6 Å². The third-order valence-electron chi connectivity index (χ3n) is 2.84. The maximum atomic E-state index is 10.9. The normalized spacial score (nSPS) is 10.4. The summed E-state index contributed by atoms with van der Waals surface area (Å²) in [4.78, 5) is 13.0. The molecule has 0 aliphatic rings.